The first-order valence-electron chi connectivity index (χ1n) is 11.2. The van der Waals surface area contributed by atoms with Crippen LogP contribution < -0.4 is 4.72 Å². The number of sulfonamides is 1. The minimum absolute atomic E-state index is 0.0227. The molecular formula is C25H19FN8O2S. The Hall–Kier alpha value is -4.55. The number of nitrogens with one attached hydrogen (secondary N) is 3. The fourth-order valence-corrected chi connectivity index (χ4v) is 4.58. The Bertz CT molecular complexity index is 1880. The summed E-state index contributed by atoms with van der Waals surface area (Å²) in [5, 5.41) is 7.42. The minimum atomic E-state index is -3.42. The number of fused-ring (bicyclic) bond motifs is 2. The largest absolute Gasteiger partial charge is 0.336 e. The van der Waals surface area contributed by atoms with E-state index in [0.29, 0.717) is 44.9 Å². The summed E-state index contributed by atoms with van der Waals surface area (Å²) in [6, 6.07) is 13.7. The molecule has 0 bridgehead atoms. The average molecular weight is 515 g/mol. The van der Waals surface area contributed by atoms with E-state index in [-0.39, 0.29) is 6.54 Å². The van der Waals surface area contributed by atoms with E-state index in [1.807, 2.05) is 30.3 Å². The second kappa shape index (κ2) is 8.84. The predicted molar refractivity (Wildman–Crippen MR) is 137 cm³/mol. The Kier molecular flexibility index (Phi) is 5.46. The Morgan fingerprint density at radius 2 is 1.78 bits per heavy atom. The molecular weight excluding hydrogens is 495 g/mol. The number of imidazole rings is 1. The summed E-state index contributed by atoms with van der Waals surface area (Å²) in [5.41, 5.74) is 6.48. The van der Waals surface area contributed by atoms with E-state index < -0.39 is 15.8 Å². The lowest BCUT2D eigenvalue weighted by Crippen LogP contribution is -2.21. The van der Waals surface area contributed by atoms with E-state index >= 15 is 0 Å². The van der Waals surface area contributed by atoms with Crippen LogP contribution in [0.2, 0.25) is 0 Å². The van der Waals surface area contributed by atoms with Gasteiger partial charge in [0.05, 0.1) is 28.5 Å². The van der Waals surface area contributed by atoms with Crippen LogP contribution in [-0.4, -0.2) is 49.8 Å². The zero-order valence-corrected chi connectivity index (χ0v) is 20.2. The number of pyridine rings is 1. The van der Waals surface area contributed by atoms with Crippen LogP contribution in [0.3, 0.4) is 0 Å². The molecule has 6 aromatic rings. The number of halogens is 1. The number of aromatic amines is 2. The first-order valence-corrected chi connectivity index (χ1v) is 13.1. The van der Waals surface area contributed by atoms with Crippen molar-refractivity contribution in [2.45, 2.75) is 6.54 Å². The summed E-state index contributed by atoms with van der Waals surface area (Å²) < 4.78 is 39.9. The normalized spacial score (nSPS) is 11.9. The third-order valence-electron chi connectivity index (χ3n) is 5.81. The number of H-pyrrole nitrogens is 2. The number of benzene rings is 2. The van der Waals surface area contributed by atoms with Crippen LogP contribution >= 0.6 is 0 Å². The number of rotatable bonds is 6. The molecule has 0 radical (unpaired) electrons. The summed E-state index contributed by atoms with van der Waals surface area (Å²) >= 11 is 0. The maximum absolute atomic E-state index is 14.5. The lowest BCUT2D eigenvalue weighted by Gasteiger charge is -2.08. The standard InChI is InChI=1S/C25H19FN8O2S/c1-37(35,36)29-10-14-7-15(9-17(26)8-14)18-3-2-4-20-22(18)32-25(31-20)24-23-21(33-34-24)6-5-19(30-23)16-11-27-13-28-12-16/h2-9,11-13,29H,10H2,1H3,(H,31,32)(H,33,34). The molecule has 2 aromatic carbocycles. The van der Waals surface area contributed by atoms with Crippen molar-refractivity contribution >= 4 is 32.1 Å². The lowest BCUT2D eigenvalue weighted by molar-refractivity contribution is 0.586. The maximum Gasteiger partial charge on any atom is 0.209 e. The highest BCUT2D eigenvalue weighted by molar-refractivity contribution is 7.88. The van der Waals surface area contributed by atoms with Gasteiger partial charge in [0.1, 0.15) is 17.7 Å². The highest BCUT2D eigenvalue weighted by atomic mass is 32.2. The average Bonchev–Trinajstić information content (AvgIpc) is 3.51. The molecule has 10 nitrogen and oxygen atoms in total. The number of aromatic nitrogens is 7. The predicted octanol–water partition coefficient (Wildman–Crippen LogP) is 3.81. The Balaban J connectivity index is 1.44. The molecule has 0 saturated heterocycles. The quantitative estimate of drug-likeness (QED) is 0.307. The molecule has 0 spiro atoms. The van der Waals surface area contributed by atoms with Crippen LogP contribution in [0, 0.1) is 5.82 Å². The Morgan fingerprint density at radius 3 is 2.59 bits per heavy atom. The molecule has 3 N–H and O–H groups in total. The molecule has 0 saturated carbocycles. The van der Waals surface area contributed by atoms with E-state index in [1.54, 1.807) is 18.5 Å². The number of hydrogen-bond donors (Lipinski definition) is 3. The number of hydrogen-bond acceptors (Lipinski definition) is 7. The molecule has 0 amide bonds. The lowest BCUT2D eigenvalue weighted by atomic mass is 10.0. The van der Waals surface area contributed by atoms with Gasteiger partial charge in [0, 0.05) is 30.1 Å². The van der Waals surface area contributed by atoms with Crippen molar-refractivity contribution in [3.63, 3.8) is 0 Å². The van der Waals surface area contributed by atoms with Crippen LogP contribution in [0.15, 0.2) is 67.3 Å². The number of para-hydroxylation sites is 1. The Morgan fingerprint density at radius 1 is 0.946 bits per heavy atom. The molecule has 0 aliphatic rings. The molecule has 4 heterocycles. The molecule has 0 unspecified atom stereocenters. The SMILES string of the molecule is CS(=O)(=O)NCc1cc(F)cc(-c2cccc3[nH]c(-c4n[nH]c5ccc(-c6cncnc6)nc45)nc23)c1. The maximum atomic E-state index is 14.5. The van der Waals surface area contributed by atoms with Gasteiger partial charge in [-0.2, -0.15) is 5.10 Å². The minimum Gasteiger partial charge on any atom is -0.336 e. The van der Waals surface area contributed by atoms with Crippen LogP contribution in [0.1, 0.15) is 5.56 Å². The van der Waals surface area contributed by atoms with Crippen LogP contribution in [-0.2, 0) is 16.6 Å². The van der Waals surface area contributed by atoms with Crippen molar-refractivity contribution in [3.8, 4) is 33.9 Å². The second-order valence-electron chi connectivity index (χ2n) is 8.52. The van der Waals surface area contributed by atoms with Crippen molar-refractivity contribution in [1.82, 2.24) is 39.8 Å². The third-order valence-corrected chi connectivity index (χ3v) is 6.48. The molecule has 184 valence electrons. The first-order chi connectivity index (χ1) is 17.8. The van der Waals surface area contributed by atoms with Crippen molar-refractivity contribution in [2.24, 2.45) is 0 Å². The second-order valence-corrected chi connectivity index (χ2v) is 10.4. The van der Waals surface area contributed by atoms with Gasteiger partial charge in [0.2, 0.25) is 10.0 Å². The topological polar surface area (TPSA) is 142 Å². The molecule has 37 heavy (non-hydrogen) atoms. The van der Waals surface area contributed by atoms with Gasteiger partial charge in [-0.3, -0.25) is 5.10 Å². The van der Waals surface area contributed by atoms with Gasteiger partial charge in [0.15, 0.2) is 11.5 Å². The van der Waals surface area contributed by atoms with E-state index in [4.69, 9.17) is 9.97 Å². The van der Waals surface area contributed by atoms with E-state index in [1.165, 1.54) is 18.5 Å². The zero-order chi connectivity index (χ0) is 25.6. The molecule has 0 aliphatic heterocycles. The van der Waals surface area contributed by atoms with Crippen molar-refractivity contribution in [1.29, 1.82) is 0 Å². The van der Waals surface area contributed by atoms with Gasteiger partial charge in [-0.25, -0.2) is 37.5 Å². The van der Waals surface area contributed by atoms with Gasteiger partial charge < -0.3 is 4.98 Å². The van der Waals surface area contributed by atoms with Gasteiger partial charge in [0.25, 0.3) is 0 Å². The van der Waals surface area contributed by atoms with E-state index in [0.717, 1.165) is 22.9 Å². The van der Waals surface area contributed by atoms with Gasteiger partial charge >= 0.3 is 0 Å². The summed E-state index contributed by atoms with van der Waals surface area (Å²) in [4.78, 5) is 21.0. The van der Waals surface area contributed by atoms with Crippen molar-refractivity contribution < 1.29 is 12.8 Å². The molecule has 6 rings (SSSR count). The van der Waals surface area contributed by atoms with E-state index in [9.17, 15) is 12.8 Å². The van der Waals surface area contributed by atoms with E-state index in [2.05, 4.69) is 29.9 Å². The van der Waals surface area contributed by atoms with Gasteiger partial charge in [-0.05, 0) is 47.5 Å². The summed E-state index contributed by atoms with van der Waals surface area (Å²) in [5.74, 6) is 0.0218. The van der Waals surface area contributed by atoms with Crippen LogP contribution in [0.25, 0.3) is 56.0 Å². The molecule has 0 atom stereocenters. The highest BCUT2D eigenvalue weighted by Gasteiger charge is 2.17. The molecule has 0 aliphatic carbocycles. The van der Waals surface area contributed by atoms with Gasteiger partial charge in [-0.15, -0.1) is 0 Å². The first kappa shape index (κ1) is 22.9. The molecule has 4 aromatic heterocycles. The molecule has 12 heteroatoms. The summed E-state index contributed by atoms with van der Waals surface area (Å²) in [6.07, 6.45) is 5.89. The third kappa shape index (κ3) is 4.55. The summed E-state index contributed by atoms with van der Waals surface area (Å²) in [7, 11) is -3.42. The van der Waals surface area contributed by atoms with Gasteiger partial charge in [-0.1, -0.05) is 12.1 Å². The van der Waals surface area contributed by atoms with Crippen LogP contribution in [0.4, 0.5) is 4.39 Å². The van der Waals surface area contributed by atoms with Crippen molar-refractivity contribution in [3.05, 3.63) is 78.6 Å². The monoisotopic (exact) mass is 514 g/mol. The number of nitrogens with zero attached hydrogens (tertiary/aromatic N) is 5. The highest BCUT2D eigenvalue weighted by Crippen LogP contribution is 2.32. The fraction of sp³-hybridized carbons (Fsp3) is 0.0800. The van der Waals surface area contributed by atoms with Crippen molar-refractivity contribution in [2.75, 3.05) is 6.26 Å². The zero-order valence-electron chi connectivity index (χ0n) is 19.4. The summed E-state index contributed by atoms with van der Waals surface area (Å²) in [6.45, 7) is -0.0227. The smallest absolute Gasteiger partial charge is 0.209 e. The molecule has 0 fully saturated rings. The van der Waals surface area contributed by atoms with Crippen LogP contribution in [0.5, 0.6) is 0 Å². The Labute approximate surface area is 210 Å². The fourth-order valence-electron chi connectivity index (χ4n) is 4.16.